The van der Waals surface area contributed by atoms with E-state index in [1.807, 2.05) is 0 Å². The zero-order chi connectivity index (χ0) is 23.9. The van der Waals surface area contributed by atoms with Crippen LogP contribution in [0.4, 0.5) is 0 Å². The quantitative estimate of drug-likeness (QED) is 0.110. The number of aliphatic hydroxyl groups excluding tert-OH is 4. The predicted octanol–water partition coefficient (Wildman–Crippen LogP) is 7.05. The van der Waals surface area contributed by atoms with Gasteiger partial charge in [0.05, 0.1) is 24.4 Å². The fourth-order valence-electron chi connectivity index (χ4n) is 4.47. The lowest BCUT2D eigenvalue weighted by molar-refractivity contribution is 0.00316. The topological polar surface area (TPSA) is 80.9 Å². The van der Waals surface area contributed by atoms with Gasteiger partial charge in [0.2, 0.25) is 0 Å². The van der Waals surface area contributed by atoms with Crippen LogP contribution in [-0.2, 0) is 0 Å². The van der Waals surface area contributed by atoms with E-state index in [1.165, 1.54) is 77.0 Å². The molecule has 4 atom stereocenters. The van der Waals surface area contributed by atoms with Gasteiger partial charge in [0.25, 0.3) is 0 Å². The highest BCUT2D eigenvalue weighted by Crippen LogP contribution is 2.17. The van der Waals surface area contributed by atoms with Gasteiger partial charge in [-0.3, -0.25) is 0 Å². The Morgan fingerprint density at radius 2 is 0.625 bits per heavy atom. The minimum atomic E-state index is -0.721. The number of aliphatic hydroxyl groups is 4. The SMILES string of the molecule is CCCCCCCCCC(O)CCCC(O)C(O)CCCC(O)CCCCCCCCC. The molecule has 0 aromatic heterocycles. The summed E-state index contributed by atoms with van der Waals surface area (Å²) in [5.41, 5.74) is 0. The Kier molecular flexibility index (Phi) is 23.9. The van der Waals surface area contributed by atoms with E-state index in [9.17, 15) is 20.4 Å². The van der Waals surface area contributed by atoms with Crippen LogP contribution in [0.5, 0.6) is 0 Å². The zero-order valence-corrected chi connectivity index (χ0v) is 21.7. The third kappa shape index (κ3) is 21.7. The lowest BCUT2D eigenvalue weighted by Crippen LogP contribution is -2.26. The molecule has 0 aromatic rings. The van der Waals surface area contributed by atoms with Crippen molar-refractivity contribution in [2.75, 3.05) is 0 Å². The molecule has 0 fully saturated rings. The molecule has 0 amide bonds. The monoisotopic (exact) mass is 458 g/mol. The molecule has 4 nitrogen and oxygen atoms in total. The maximum atomic E-state index is 10.2. The molecule has 0 rings (SSSR count). The molecule has 0 saturated carbocycles. The molecular weight excluding hydrogens is 400 g/mol. The molecule has 0 aliphatic rings. The van der Waals surface area contributed by atoms with Gasteiger partial charge in [-0.2, -0.15) is 0 Å². The first-order chi connectivity index (χ1) is 15.5. The first-order valence-corrected chi connectivity index (χ1v) is 14.2. The Morgan fingerprint density at radius 1 is 0.344 bits per heavy atom. The summed E-state index contributed by atoms with van der Waals surface area (Å²) in [6, 6.07) is 0. The second-order valence-electron chi connectivity index (χ2n) is 10.1. The zero-order valence-electron chi connectivity index (χ0n) is 21.7. The molecule has 0 aliphatic heterocycles. The van der Waals surface area contributed by atoms with Crippen LogP contribution in [0.15, 0.2) is 0 Å². The number of hydrogen-bond donors (Lipinski definition) is 4. The normalized spacial score (nSPS) is 15.6. The molecule has 0 aliphatic carbocycles. The summed E-state index contributed by atoms with van der Waals surface area (Å²) in [5.74, 6) is 0. The van der Waals surface area contributed by atoms with E-state index < -0.39 is 12.2 Å². The summed E-state index contributed by atoms with van der Waals surface area (Å²) in [4.78, 5) is 0. The average molecular weight is 459 g/mol. The van der Waals surface area contributed by atoms with E-state index in [0.29, 0.717) is 25.7 Å². The van der Waals surface area contributed by atoms with Gasteiger partial charge in [0.1, 0.15) is 0 Å². The van der Waals surface area contributed by atoms with Gasteiger partial charge >= 0.3 is 0 Å². The molecule has 0 radical (unpaired) electrons. The lowest BCUT2D eigenvalue weighted by atomic mass is 9.97. The summed E-state index contributed by atoms with van der Waals surface area (Å²) in [6.07, 6.45) is 21.3. The van der Waals surface area contributed by atoms with E-state index in [-0.39, 0.29) is 12.2 Å². The third-order valence-electron chi connectivity index (χ3n) is 6.80. The van der Waals surface area contributed by atoms with Crippen LogP contribution in [0.1, 0.15) is 155 Å². The second kappa shape index (κ2) is 24.0. The molecule has 4 N–H and O–H groups in total. The van der Waals surface area contributed by atoms with Crippen LogP contribution in [0.3, 0.4) is 0 Å². The van der Waals surface area contributed by atoms with Crippen LogP contribution in [-0.4, -0.2) is 44.8 Å². The predicted molar refractivity (Wildman–Crippen MR) is 137 cm³/mol. The highest BCUT2D eigenvalue weighted by atomic mass is 16.3. The minimum absolute atomic E-state index is 0.281. The van der Waals surface area contributed by atoms with Crippen molar-refractivity contribution in [2.24, 2.45) is 0 Å². The van der Waals surface area contributed by atoms with Crippen molar-refractivity contribution >= 4 is 0 Å². The first kappa shape index (κ1) is 31.8. The van der Waals surface area contributed by atoms with Crippen LogP contribution in [0.25, 0.3) is 0 Å². The molecule has 0 heterocycles. The fraction of sp³-hybridized carbons (Fsp3) is 1.00. The summed E-state index contributed by atoms with van der Waals surface area (Å²) in [7, 11) is 0. The van der Waals surface area contributed by atoms with Gasteiger partial charge in [0.15, 0.2) is 0 Å². The molecule has 32 heavy (non-hydrogen) atoms. The Bertz CT molecular complexity index is 329. The van der Waals surface area contributed by atoms with Crippen molar-refractivity contribution in [1.29, 1.82) is 0 Å². The number of unbranched alkanes of at least 4 members (excludes halogenated alkanes) is 12. The van der Waals surface area contributed by atoms with Crippen LogP contribution < -0.4 is 0 Å². The highest BCUT2D eigenvalue weighted by molar-refractivity contribution is 4.70. The summed E-state index contributed by atoms with van der Waals surface area (Å²) in [5, 5.41) is 40.6. The third-order valence-corrected chi connectivity index (χ3v) is 6.80. The summed E-state index contributed by atoms with van der Waals surface area (Å²) >= 11 is 0. The minimum Gasteiger partial charge on any atom is -0.393 e. The van der Waals surface area contributed by atoms with E-state index in [0.717, 1.165) is 38.5 Å². The Labute approximate surface area is 200 Å². The van der Waals surface area contributed by atoms with Gasteiger partial charge < -0.3 is 20.4 Å². The second-order valence-corrected chi connectivity index (χ2v) is 10.1. The molecule has 0 bridgehead atoms. The maximum absolute atomic E-state index is 10.2. The molecule has 0 saturated heterocycles. The van der Waals surface area contributed by atoms with Crippen molar-refractivity contribution in [3.63, 3.8) is 0 Å². The van der Waals surface area contributed by atoms with Crippen molar-refractivity contribution in [3.8, 4) is 0 Å². The van der Waals surface area contributed by atoms with Gasteiger partial charge in [-0.15, -0.1) is 0 Å². The summed E-state index contributed by atoms with van der Waals surface area (Å²) in [6.45, 7) is 4.46. The van der Waals surface area contributed by atoms with E-state index >= 15 is 0 Å². The summed E-state index contributed by atoms with van der Waals surface area (Å²) < 4.78 is 0. The van der Waals surface area contributed by atoms with Crippen molar-refractivity contribution in [3.05, 3.63) is 0 Å². The van der Waals surface area contributed by atoms with Crippen LogP contribution in [0, 0.1) is 0 Å². The molecular formula is C28H58O4. The van der Waals surface area contributed by atoms with Crippen LogP contribution >= 0.6 is 0 Å². The van der Waals surface area contributed by atoms with Gasteiger partial charge in [-0.05, 0) is 51.4 Å². The maximum Gasteiger partial charge on any atom is 0.0799 e. The largest absolute Gasteiger partial charge is 0.393 e. The molecule has 4 unspecified atom stereocenters. The standard InChI is InChI=1S/C28H58O4/c1-3-5-7-9-11-13-15-19-25(29)21-17-23-27(31)28(32)24-18-22-26(30)20-16-14-12-10-8-6-4-2/h25-32H,3-24H2,1-2H3. The Morgan fingerprint density at radius 3 is 0.969 bits per heavy atom. The number of rotatable bonds is 25. The Balaban J connectivity index is 3.57. The van der Waals surface area contributed by atoms with Crippen molar-refractivity contribution in [1.82, 2.24) is 0 Å². The van der Waals surface area contributed by atoms with E-state index in [2.05, 4.69) is 13.8 Å². The average Bonchev–Trinajstić information content (AvgIpc) is 2.77. The Hall–Kier alpha value is -0.160. The first-order valence-electron chi connectivity index (χ1n) is 14.2. The van der Waals surface area contributed by atoms with Gasteiger partial charge in [-0.25, -0.2) is 0 Å². The lowest BCUT2D eigenvalue weighted by Gasteiger charge is -2.19. The number of hydrogen-bond acceptors (Lipinski definition) is 4. The molecule has 4 heteroatoms. The van der Waals surface area contributed by atoms with Gasteiger partial charge in [-0.1, -0.05) is 104 Å². The smallest absolute Gasteiger partial charge is 0.0799 e. The highest BCUT2D eigenvalue weighted by Gasteiger charge is 2.17. The molecule has 0 spiro atoms. The fourth-order valence-corrected chi connectivity index (χ4v) is 4.47. The molecule has 194 valence electrons. The van der Waals surface area contributed by atoms with E-state index in [4.69, 9.17) is 0 Å². The van der Waals surface area contributed by atoms with Gasteiger partial charge in [0, 0.05) is 0 Å². The van der Waals surface area contributed by atoms with Crippen molar-refractivity contribution in [2.45, 2.75) is 180 Å². The van der Waals surface area contributed by atoms with E-state index in [1.54, 1.807) is 0 Å². The molecule has 0 aromatic carbocycles. The van der Waals surface area contributed by atoms with Crippen LogP contribution in [0.2, 0.25) is 0 Å². The van der Waals surface area contributed by atoms with Crippen molar-refractivity contribution < 1.29 is 20.4 Å².